The van der Waals surface area contributed by atoms with Crippen molar-refractivity contribution in [2.75, 3.05) is 13.9 Å². The summed E-state index contributed by atoms with van der Waals surface area (Å²) in [7, 11) is 1.38. The van der Waals surface area contributed by atoms with Crippen LogP contribution in [-0.2, 0) is 20.7 Å². The maximum Gasteiger partial charge on any atom is 0.163 e. The number of hydrogen-bond donors (Lipinski definition) is 1. The highest BCUT2D eigenvalue weighted by molar-refractivity contribution is 5.80. The van der Waals surface area contributed by atoms with E-state index >= 15 is 0 Å². The first kappa shape index (κ1) is 16.2. The minimum absolute atomic E-state index is 0.0506. The van der Waals surface area contributed by atoms with Crippen LogP contribution in [0, 0.1) is 11.7 Å². The fraction of sp³-hybridized carbons (Fsp3) is 0.588. The summed E-state index contributed by atoms with van der Waals surface area (Å²) in [6, 6.07) is 2.57. The van der Waals surface area contributed by atoms with Crippen molar-refractivity contribution < 1.29 is 28.5 Å². The first-order chi connectivity index (χ1) is 11.0. The van der Waals surface area contributed by atoms with Gasteiger partial charge in [-0.2, -0.15) is 0 Å². The lowest BCUT2D eigenvalue weighted by atomic mass is 9.72. The van der Waals surface area contributed by atoms with Crippen molar-refractivity contribution in [3.63, 3.8) is 0 Å². The number of carbonyl (C=O) groups is 1. The van der Waals surface area contributed by atoms with Crippen LogP contribution in [0.1, 0.15) is 31.7 Å². The summed E-state index contributed by atoms with van der Waals surface area (Å²) in [5.41, 5.74) is -0.160. The summed E-state index contributed by atoms with van der Waals surface area (Å²) in [5.74, 6) is -0.279. The zero-order chi connectivity index (χ0) is 16.6. The SMILES string of the molecule is COc1cc(F)c(C[C@H](C)[C@]23CCC(=O)C[C@H]2OCO3)cc1O. The van der Waals surface area contributed by atoms with Crippen LogP contribution in [0.15, 0.2) is 12.1 Å². The summed E-state index contributed by atoms with van der Waals surface area (Å²) < 4.78 is 30.6. The Morgan fingerprint density at radius 2 is 2.30 bits per heavy atom. The van der Waals surface area contributed by atoms with E-state index in [0.717, 1.165) is 0 Å². The van der Waals surface area contributed by atoms with Gasteiger partial charge in [-0.25, -0.2) is 4.39 Å². The molecule has 1 heterocycles. The first-order valence-corrected chi connectivity index (χ1v) is 7.79. The summed E-state index contributed by atoms with van der Waals surface area (Å²) in [6.07, 6.45) is 1.51. The molecular formula is C17H21FO5. The molecule has 1 saturated heterocycles. The third kappa shape index (κ3) is 2.81. The lowest BCUT2D eigenvalue weighted by molar-refractivity contribution is -0.130. The Morgan fingerprint density at radius 1 is 1.52 bits per heavy atom. The van der Waals surface area contributed by atoms with Gasteiger partial charge in [-0.1, -0.05) is 6.92 Å². The molecule has 2 aliphatic rings. The van der Waals surface area contributed by atoms with Crippen LogP contribution in [0.3, 0.4) is 0 Å². The molecule has 1 aliphatic carbocycles. The van der Waals surface area contributed by atoms with Crippen LogP contribution >= 0.6 is 0 Å². The number of phenols is 1. The number of benzene rings is 1. The number of ether oxygens (including phenoxy) is 3. The average Bonchev–Trinajstić information content (AvgIpc) is 2.94. The molecule has 3 rings (SSSR count). The van der Waals surface area contributed by atoms with Crippen molar-refractivity contribution in [3.05, 3.63) is 23.5 Å². The number of hydrogen-bond acceptors (Lipinski definition) is 5. The van der Waals surface area contributed by atoms with Crippen LogP contribution in [-0.4, -0.2) is 36.5 Å². The Labute approximate surface area is 134 Å². The number of fused-ring (bicyclic) bond motifs is 1. The summed E-state index contributed by atoms with van der Waals surface area (Å²) in [5, 5.41) is 9.87. The van der Waals surface area contributed by atoms with E-state index in [1.807, 2.05) is 6.92 Å². The Balaban J connectivity index is 1.82. The molecule has 2 fully saturated rings. The molecule has 6 heteroatoms. The quantitative estimate of drug-likeness (QED) is 0.922. The van der Waals surface area contributed by atoms with Gasteiger partial charge in [-0.05, 0) is 30.4 Å². The van der Waals surface area contributed by atoms with Gasteiger partial charge in [0.05, 0.1) is 13.2 Å². The predicted molar refractivity (Wildman–Crippen MR) is 79.9 cm³/mol. The second kappa shape index (κ2) is 6.09. The van der Waals surface area contributed by atoms with Gasteiger partial charge in [0, 0.05) is 18.9 Å². The zero-order valence-corrected chi connectivity index (χ0v) is 13.3. The molecule has 1 N–H and O–H groups in total. The van der Waals surface area contributed by atoms with Crippen LogP contribution in [0.4, 0.5) is 4.39 Å². The van der Waals surface area contributed by atoms with Crippen LogP contribution < -0.4 is 4.74 Å². The fourth-order valence-electron chi connectivity index (χ4n) is 3.68. The van der Waals surface area contributed by atoms with E-state index < -0.39 is 11.4 Å². The van der Waals surface area contributed by atoms with Crippen molar-refractivity contribution >= 4 is 5.78 Å². The Morgan fingerprint density at radius 3 is 3.04 bits per heavy atom. The minimum atomic E-state index is -0.560. The summed E-state index contributed by atoms with van der Waals surface area (Å²) >= 11 is 0. The zero-order valence-electron chi connectivity index (χ0n) is 13.3. The van der Waals surface area contributed by atoms with Crippen LogP contribution in [0.2, 0.25) is 0 Å². The van der Waals surface area contributed by atoms with Gasteiger partial charge in [-0.3, -0.25) is 4.79 Å². The standard InChI is InChI=1S/C17H21FO5/c1-10(5-11-6-14(20)15(21-2)8-13(11)18)17-4-3-12(19)7-16(17)22-9-23-17/h6,8,10,16,20H,3-5,7,9H2,1-2H3/t10-,16+,17+/m0/s1. The third-order valence-electron chi connectivity index (χ3n) is 5.06. The molecule has 23 heavy (non-hydrogen) atoms. The molecule has 0 aromatic heterocycles. The molecule has 0 unspecified atom stereocenters. The number of carbonyl (C=O) groups excluding carboxylic acids is 1. The van der Waals surface area contributed by atoms with Gasteiger partial charge < -0.3 is 19.3 Å². The number of rotatable bonds is 4. The first-order valence-electron chi connectivity index (χ1n) is 7.79. The normalized spacial score (nSPS) is 28.5. The molecule has 5 nitrogen and oxygen atoms in total. The molecule has 126 valence electrons. The van der Waals surface area contributed by atoms with Crippen molar-refractivity contribution in [2.24, 2.45) is 5.92 Å². The van der Waals surface area contributed by atoms with Crippen molar-refractivity contribution in [2.45, 2.75) is 44.3 Å². The van der Waals surface area contributed by atoms with Gasteiger partial charge in [-0.15, -0.1) is 0 Å². The lowest BCUT2D eigenvalue weighted by Gasteiger charge is -2.40. The highest BCUT2D eigenvalue weighted by Crippen LogP contribution is 2.44. The van der Waals surface area contributed by atoms with Crippen LogP contribution in [0.25, 0.3) is 0 Å². The average molecular weight is 324 g/mol. The van der Waals surface area contributed by atoms with E-state index in [1.54, 1.807) is 0 Å². The number of phenolic OH excluding ortho intramolecular Hbond substituents is 1. The monoisotopic (exact) mass is 324 g/mol. The lowest BCUT2D eigenvalue weighted by Crippen LogP contribution is -2.50. The molecule has 0 spiro atoms. The van der Waals surface area contributed by atoms with E-state index in [0.29, 0.717) is 31.2 Å². The topological polar surface area (TPSA) is 65.0 Å². The molecule has 3 atom stereocenters. The molecule has 0 bridgehead atoms. The largest absolute Gasteiger partial charge is 0.504 e. The van der Waals surface area contributed by atoms with E-state index in [-0.39, 0.29) is 36.1 Å². The summed E-state index contributed by atoms with van der Waals surface area (Å²) in [6.45, 7) is 2.14. The third-order valence-corrected chi connectivity index (χ3v) is 5.06. The molecular weight excluding hydrogens is 303 g/mol. The maximum absolute atomic E-state index is 14.2. The minimum Gasteiger partial charge on any atom is -0.504 e. The van der Waals surface area contributed by atoms with E-state index in [4.69, 9.17) is 14.2 Å². The van der Waals surface area contributed by atoms with Crippen LogP contribution in [0.5, 0.6) is 11.5 Å². The summed E-state index contributed by atoms with van der Waals surface area (Å²) in [4.78, 5) is 11.7. The number of Topliss-reactive ketones (excluding diaryl/α,β-unsaturated/α-hetero) is 1. The number of ketones is 1. The number of aromatic hydroxyl groups is 1. The van der Waals surface area contributed by atoms with Crippen molar-refractivity contribution in [1.82, 2.24) is 0 Å². The van der Waals surface area contributed by atoms with Gasteiger partial charge in [0.1, 0.15) is 24.0 Å². The van der Waals surface area contributed by atoms with Crippen molar-refractivity contribution in [1.29, 1.82) is 0 Å². The van der Waals surface area contributed by atoms with Gasteiger partial charge in [0.2, 0.25) is 0 Å². The van der Waals surface area contributed by atoms with E-state index in [2.05, 4.69) is 0 Å². The fourth-order valence-corrected chi connectivity index (χ4v) is 3.68. The second-order valence-electron chi connectivity index (χ2n) is 6.34. The molecule has 0 radical (unpaired) electrons. The van der Waals surface area contributed by atoms with Gasteiger partial charge in [0.15, 0.2) is 11.5 Å². The highest BCUT2D eigenvalue weighted by atomic mass is 19.1. The maximum atomic E-state index is 14.2. The Kier molecular flexibility index (Phi) is 4.29. The molecule has 1 aromatic rings. The molecule has 1 aromatic carbocycles. The van der Waals surface area contributed by atoms with Gasteiger partial charge in [0.25, 0.3) is 0 Å². The molecule has 0 amide bonds. The number of halogens is 1. The molecule has 1 saturated carbocycles. The molecule has 1 aliphatic heterocycles. The predicted octanol–water partition coefficient (Wildman–Crippen LogP) is 2.58. The van der Waals surface area contributed by atoms with E-state index in [1.165, 1.54) is 19.2 Å². The van der Waals surface area contributed by atoms with Crippen molar-refractivity contribution in [3.8, 4) is 11.5 Å². The Hall–Kier alpha value is -1.66. The van der Waals surface area contributed by atoms with E-state index in [9.17, 15) is 14.3 Å². The number of methoxy groups -OCH3 is 1. The smallest absolute Gasteiger partial charge is 0.163 e. The van der Waals surface area contributed by atoms with Gasteiger partial charge >= 0.3 is 0 Å². The Bertz CT molecular complexity index is 617. The highest BCUT2D eigenvalue weighted by Gasteiger charge is 2.52. The second-order valence-corrected chi connectivity index (χ2v) is 6.34.